The fraction of sp³-hybridized carbons (Fsp3) is 0.727. The Kier molecular flexibility index (Phi) is 4.46. The van der Waals surface area contributed by atoms with E-state index in [0.717, 1.165) is 22.1 Å². The van der Waals surface area contributed by atoms with Gasteiger partial charge in [0.05, 0.1) is 5.69 Å². The van der Waals surface area contributed by atoms with Crippen molar-refractivity contribution in [2.24, 2.45) is 0 Å². The van der Waals surface area contributed by atoms with Gasteiger partial charge in [-0.2, -0.15) is 11.8 Å². The number of aromatic nitrogens is 1. The molecule has 0 aliphatic carbocycles. The third-order valence-corrected chi connectivity index (χ3v) is 4.18. The molecule has 0 aliphatic heterocycles. The standard InChI is InChI=1S/C11H20N2S2/c1-11(2,3)10-13-8(9(12)15-10)6-5-7-14-4/h5-7,12H2,1-4H3. The van der Waals surface area contributed by atoms with Crippen LogP contribution < -0.4 is 5.73 Å². The molecule has 1 aromatic rings. The van der Waals surface area contributed by atoms with Crippen molar-refractivity contribution in [2.45, 2.75) is 39.0 Å². The first-order valence-corrected chi connectivity index (χ1v) is 7.40. The van der Waals surface area contributed by atoms with Gasteiger partial charge in [-0.1, -0.05) is 20.8 Å². The fourth-order valence-corrected chi connectivity index (χ4v) is 2.62. The topological polar surface area (TPSA) is 38.9 Å². The van der Waals surface area contributed by atoms with E-state index in [1.807, 2.05) is 11.8 Å². The first-order valence-electron chi connectivity index (χ1n) is 5.19. The maximum atomic E-state index is 5.97. The van der Waals surface area contributed by atoms with Gasteiger partial charge in [0.1, 0.15) is 10.0 Å². The minimum absolute atomic E-state index is 0.122. The van der Waals surface area contributed by atoms with Crippen molar-refractivity contribution < 1.29 is 0 Å². The highest BCUT2D eigenvalue weighted by Gasteiger charge is 2.20. The zero-order valence-corrected chi connectivity index (χ0v) is 11.6. The summed E-state index contributed by atoms with van der Waals surface area (Å²) >= 11 is 3.51. The van der Waals surface area contributed by atoms with E-state index in [9.17, 15) is 0 Å². The molecule has 15 heavy (non-hydrogen) atoms. The molecule has 0 unspecified atom stereocenters. The van der Waals surface area contributed by atoms with Gasteiger partial charge in [0.15, 0.2) is 0 Å². The van der Waals surface area contributed by atoms with Gasteiger partial charge < -0.3 is 5.73 Å². The van der Waals surface area contributed by atoms with Crippen LogP contribution in [0.25, 0.3) is 0 Å². The van der Waals surface area contributed by atoms with Crippen LogP contribution in [0, 0.1) is 0 Å². The molecule has 2 N–H and O–H groups in total. The van der Waals surface area contributed by atoms with Crippen LogP contribution in [0.3, 0.4) is 0 Å². The molecule has 0 aromatic carbocycles. The number of nitrogens with zero attached hydrogens (tertiary/aromatic N) is 1. The highest BCUT2D eigenvalue weighted by molar-refractivity contribution is 7.98. The number of hydrogen-bond acceptors (Lipinski definition) is 4. The third kappa shape index (κ3) is 3.68. The SMILES string of the molecule is CSCCCc1nc(C(C)(C)C)sc1N. The number of aryl methyl sites for hydroxylation is 1. The van der Waals surface area contributed by atoms with Gasteiger partial charge in [-0.3, -0.25) is 0 Å². The summed E-state index contributed by atoms with van der Waals surface area (Å²) in [7, 11) is 0. The van der Waals surface area contributed by atoms with Crippen LogP contribution in [0.2, 0.25) is 0 Å². The molecule has 1 heterocycles. The lowest BCUT2D eigenvalue weighted by molar-refractivity contribution is 0.582. The Morgan fingerprint density at radius 2 is 2.07 bits per heavy atom. The second-order valence-electron chi connectivity index (χ2n) is 4.68. The normalized spacial score (nSPS) is 12.0. The summed E-state index contributed by atoms with van der Waals surface area (Å²) in [5.41, 5.74) is 7.19. The molecule has 0 radical (unpaired) electrons. The minimum Gasteiger partial charge on any atom is -0.389 e. The van der Waals surface area contributed by atoms with E-state index >= 15 is 0 Å². The van der Waals surface area contributed by atoms with Crippen LogP contribution in [-0.4, -0.2) is 17.0 Å². The van der Waals surface area contributed by atoms with Crippen molar-refractivity contribution in [1.29, 1.82) is 0 Å². The molecule has 0 spiro atoms. The first-order chi connectivity index (χ1) is 6.95. The molecule has 4 heteroatoms. The van der Waals surface area contributed by atoms with Crippen LogP contribution in [0.15, 0.2) is 0 Å². The van der Waals surface area contributed by atoms with Crippen LogP contribution >= 0.6 is 23.1 Å². The third-order valence-electron chi connectivity index (χ3n) is 2.13. The van der Waals surface area contributed by atoms with Crippen LogP contribution in [0.4, 0.5) is 5.00 Å². The molecule has 1 rings (SSSR count). The van der Waals surface area contributed by atoms with Gasteiger partial charge in [-0.05, 0) is 24.9 Å². The van der Waals surface area contributed by atoms with E-state index in [2.05, 4.69) is 32.0 Å². The van der Waals surface area contributed by atoms with Gasteiger partial charge >= 0.3 is 0 Å². The van der Waals surface area contributed by atoms with Crippen molar-refractivity contribution in [3.63, 3.8) is 0 Å². The van der Waals surface area contributed by atoms with Crippen LogP contribution in [0.1, 0.15) is 37.9 Å². The molecule has 86 valence electrons. The van der Waals surface area contributed by atoms with Gasteiger partial charge in [-0.15, -0.1) is 11.3 Å². The van der Waals surface area contributed by atoms with Crippen molar-refractivity contribution in [1.82, 2.24) is 4.98 Å². The number of nitrogen functional groups attached to an aromatic ring is 1. The molecular weight excluding hydrogens is 224 g/mol. The molecule has 1 aromatic heterocycles. The van der Waals surface area contributed by atoms with Crippen molar-refractivity contribution in [2.75, 3.05) is 17.7 Å². The molecule has 0 aliphatic rings. The van der Waals surface area contributed by atoms with Crippen LogP contribution in [-0.2, 0) is 11.8 Å². The fourth-order valence-electron chi connectivity index (χ4n) is 1.25. The average molecular weight is 244 g/mol. The lowest BCUT2D eigenvalue weighted by Crippen LogP contribution is -2.10. The van der Waals surface area contributed by atoms with E-state index in [1.54, 1.807) is 11.3 Å². The van der Waals surface area contributed by atoms with E-state index in [0.29, 0.717) is 0 Å². The molecule has 0 amide bonds. The van der Waals surface area contributed by atoms with E-state index in [1.165, 1.54) is 12.2 Å². The van der Waals surface area contributed by atoms with Crippen LogP contribution in [0.5, 0.6) is 0 Å². The van der Waals surface area contributed by atoms with Crippen molar-refractivity contribution in [3.8, 4) is 0 Å². The molecular formula is C11H20N2S2. The number of thiazole rings is 1. The summed E-state index contributed by atoms with van der Waals surface area (Å²) in [6, 6.07) is 0. The molecule has 0 saturated carbocycles. The second kappa shape index (κ2) is 5.21. The van der Waals surface area contributed by atoms with Crippen molar-refractivity contribution >= 4 is 28.1 Å². The molecule has 0 bridgehead atoms. The molecule has 0 saturated heterocycles. The Morgan fingerprint density at radius 3 is 2.53 bits per heavy atom. The Bertz CT molecular complexity index is 313. The van der Waals surface area contributed by atoms with E-state index < -0.39 is 0 Å². The number of rotatable bonds is 4. The highest BCUT2D eigenvalue weighted by Crippen LogP contribution is 2.31. The Hall–Kier alpha value is -0.220. The van der Waals surface area contributed by atoms with E-state index in [-0.39, 0.29) is 5.41 Å². The lowest BCUT2D eigenvalue weighted by Gasteiger charge is -2.13. The average Bonchev–Trinajstić information content (AvgIpc) is 2.48. The maximum absolute atomic E-state index is 5.97. The zero-order valence-electron chi connectivity index (χ0n) is 9.96. The summed E-state index contributed by atoms with van der Waals surface area (Å²) in [5.74, 6) is 1.18. The predicted molar refractivity (Wildman–Crippen MR) is 71.9 cm³/mol. The summed E-state index contributed by atoms with van der Waals surface area (Å²) in [4.78, 5) is 4.64. The monoisotopic (exact) mass is 244 g/mol. The van der Waals surface area contributed by atoms with Crippen molar-refractivity contribution in [3.05, 3.63) is 10.7 Å². The predicted octanol–water partition coefficient (Wildman–Crippen LogP) is 3.32. The highest BCUT2D eigenvalue weighted by atomic mass is 32.2. The Labute approximate surface area is 101 Å². The summed E-state index contributed by atoms with van der Waals surface area (Å²) in [6.45, 7) is 6.53. The Morgan fingerprint density at radius 1 is 1.40 bits per heavy atom. The number of anilines is 1. The smallest absolute Gasteiger partial charge is 0.109 e. The quantitative estimate of drug-likeness (QED) is 0.826. The molecule has 2 nitrogen and oxygen atoms in total. The van der Waals surface area contributed by atoms with Gasteiger partial charge in [0.25, 0.3) is 0 Å². The minimum atomic E-state index is 0.122. The van der Waals surface area contributed by atoms with Gasteiger partial charge in [0, 0.05) is 5.41 Å². The Balaban J connectivity index is 2.69. The van der Waals surface area contributed by atoms with Gasteiger partial charge in [-0.25, -0.2) is 4.98 Å². The molecule has 0 atom stereocenters. The summed E-state index contributed by atoms with van der Waals surface area (Å²) < 4.78 is 0. The second-order valence-corrected chi connectivity index (χ2v) is 6.69. The number of thioether (sulfide) groups is 1. The lowest BCUT2D eigenvalue weighted by atomic mass is 9.98. The number of hydrogen-bond donors (Lipinski definition) is 1. The number of nitrogens with two attached hydrogens (primary N) is 1. The zero-order chi connectivity index (χ0) is 11.5. The largest absolute Gasteiger partial charge is 0.389 e. The summed E-state index contributed by atoms with van der Waals surface area (Å²) in [5, 5.41) is 2.06. The first kappa shape index (κ1) is 12.8. The van der Waals surface area contributed by atoms with E-state index in [4.69, 9.17) is 5.73 Å². The maximum Gasteiger partial charge on any atom is 0.109 e. The summed E-state index contributed by atoms with van der Waals surface area (Å²) in [6.07, 6.45) is 4.31. The molecule has 0 fully saturated rings. The van der Waals surface area contributed by atoms with Gasteiger partial charge in [0.2, 0.25) is 0 Å².